The molecule has 0 N–H and O–H groups in total. The Morgan fingerprint density at radius 3 is 2.50 bits per heavy atom. The molecule has 0 aromatic rings. The van der Waals surface area contributed by atoms with Crippen molar-refractivity contribution in [2.24, 2.45) is 0 Å². The summed E-state index contributed by atoms with van der Waals surface area (Å²) in [6, 6.07) is 0. The Kier molecular flexibility index (Phi) is 5.02. The number of rotatable bonds is 0. The Bertz CT molecular complexity index is 204. The third kappa shape index (κ3) is 4.73. The molecule has 0 aromatic carbocycles. The summed E-state index contributed by atoms with van der Waals surface area (Å²) in [6.07, 6.45) is 22.5. The van der Waals surface area contributed by atoms with Gasteiger partial charge in [-0.2, -0.15) is 0 Å². The molecule has 0 nitrogen and oxygen atoms in total. The molecule has 0 bridgehead atoms. The molecule has 0 unspecified atom stereocenters. The zero-order chi connectivity index (χ0) is 8.49. The third-order valence-electron chi connectivity index (χ3n) is 1.69. The van der Waals surface area contributed by atoms with Gasteiger partial charge in [0.1, 0.15) is 0 Å². The average Bonchev–Trinajstić information content (AvgIpc) is 2.05. The molecule has 63 valence electrons. The molecule has 0 aliphatic heterocycles. The fraction of sp³-hybridized carbons (Fsp3) is 0.333. The molecule has 0 amide bonds. The maximum atomic E-state index is 3.12. The number of hydrogen-bond acceptors (Lipinski definition) is 0. The lowest BCUT2D eigenvalue weighted by Crippen LogP contribution is -1.67. The summed E-state index contributed by atoms with van der Waals surface area (Å²) in [6.45, 7) is 0. The van der Waals surface area contributed by atoms with Gasteiger partial charge in [0, 0.05) is 0 Å². The maximum absolute atomic E-state index is 3.12. The van der Waals surface area contributed by atoms with Crippen molar-refractivity contribution in [1.82, 2.24) is 0 Å². The van der Waals surface area contributed by atoms with E-state index in [1.165, 1.54) is 0 Å². The second-order valence-electron chi connectivity index (χ2n) is 2.76. The molecule has 0 heteroatoms. The van der Waals surface area contributed by atoms with Crippen LogP contribution in [0, 0.1) is 6.08 Å². The van der Waals surface area contributed by atoms with Crippen LogP contribution in [0.3, 0.4) is 0 Å². The van der Waals surface area contributed by atoms with Crippen molar-refractivity contribution in [2.75, 3.05) is 0 Å². The van der Waals surface area contributed by atoms with Gasteiger partial charge in [-0.05, 0) is 31.8 Å². The van der Waals surface area contributed by atoms with E-state index in [1.807, 2.05) is 6.08 Å². The number of hydrogen-bond donors (Lipinski definition) is 0. The first kappa shape index (κ1) is 9.05. The first-order valence-corrected chi connectivity index (χ1v) is 4.53. The van der Waals surface area contributed by atoms with Gasteiger partial charge in [-0.15, -0.1) is 0 Å². The van der Waals surface area contributed by atoms with Gasteiger partial charge in [-0.1, -0.05) is 42.5 Å². The molecule has 1 aliphatic carbocycles. The summed E-state index contributed by atoms with van der Waals surface area (Å²) in [5.74, 6) is 0. The SMILES string of the molecule is [C]1=CCC=CCC=CCCC=C1. The highest BCUT2D eigenvalue weighted by Crippen LogP contribution is 1.98. The normalized spacial score (nSPS) is 18.7. The molecule has 0 saturated heterocycles. The van der Waals surface area contributed by atoms with E-state index in [0.29, 0.717) is 0 Å². The second-order valence-corrected chi connectivity index (χ2v) is 2.76. The maximum Gasteiger partial charge on any atom is -0.0160 e. The highest BCUT2D eigenvalue weighted by atomic mass is 13.8. The lowest BCUT2D eigenvalue weighted by molar-refractivity contribution is 1.04. The second kappa shape index (κ2) is 6.66. The lowest BCUT2D eigenvalue weighted by atomic mass is 10.2. The minimum absolute atomic E-state index is 0.998. The number of allylic oxidation sites excluding steroid dienone is 8. The van der Waals surface area contributed by atoms with E-state index in [0.717, 1.165) is 25.7 Å². The molecule has 0 spiro atoms. The van der Waals surface area contributed by atoms with Gasteiger partial charge in [-0.25, -0.2) is 0 Å². The fourth-order valence-electron chi connectivity index (χ4n) is 1.03. The van der Waals surface area contributed by atoms with Crippen LogP contribution in [0.5, 0.6) is 0 Å². The molecule has 0 saturated carbocycles. The summed E-state index contributed by atoms with van der Waals surface area (Å²) < 4.78 is 0. The monoisotopic (exact) mass is 159 g/mol. The van der Waals surface area contributed by atoms with Crippen molar-refractivity contribution < 1.29 is 0 Å². The van der Waals surface area contributed by atoms with Crippen LogP contribution in [0.1, 0.15) is 25.7 Å². The minimum Gasteiger partial charge on any atom is -0.0879 e. The Labute approximate surface area is 75.0 Å². The summed E-state index contributed by atoms with van der Waals surface area (Å²) in [7, 11) is 0. The van der Waals surface area contributed by atoms with E-state index >= 15 is 0 Å². The van der Waals surface area contributed by atoms with Crippen molar-refractivity contribution in [2.45, 2.75) is 25.7 Å². The van der Waals surface area contributed by atoms with Crippen molar-refractivity contribution in [1.29, 1.82) is 0 Å². The molecule has 0 aromatic heterocycles. The van der Waals surface area contributed by atoms with Crippen LogP contribution in [0.25, 0.3) is 0 Å². The van der Waals surface area contributed by atoms with Crippen LogP contribution in [0.2, 0.25) is 0 Å². The zero-order valence-electron chi connectivity index (χ0n) is 7.37. The predicted molar refractivity (Wildman–Crippen MR) is 53.7 cm³/mol. The van der Waals surface area contributed by atoms with Crippen molar-refractivity contribution in [3.63, 3.8) is 0 Å². The van der Waals surface area contributed by atoms with E-state index < -0.39 is 0 Å². The van der Waals surface area contributed by atoms with E-state index in [4.69, 9.17) is 0 Å². The molecule has 1 rings (SSSR count). The van der Waals surface area contributed by atoms with Crippen molar-refractivity contribution >= 4 is 0 Å². The molecule has 1 aliphatic rings. The quantitative estimate of drug-likeness (QED) is 0.474. The Morgan fingerprint density at radius 2 is 1.50 bits per heavy atom. The third-order valence-corrected chi connectivity index (χ3v) is 1.69. The smallest absolute Gasteiger partial charge is 0.0160 e. The van der Waals surface area contributed by atoms with E-state index in [1.54, 1.807) is 0 Å². The van der Waals surface area contributed by atoms with Crippen LogP contribution < -0.4 is 0 Å². The van der Waals surface area contributed by atoms with Crippen molar-refractivity contribution in [3.05, 3.63) is 48.6 Å². The Morgan fingerprint density at radius 1 is 0.750 bits per heavy atom. The molecular formula is C12H15. The average molecular weight is 159 g/mol. The molecule has 0 atom stereocenters. The fourth-order valence-corrected chi connectivity index (χ4v) is 1.03. The summed E-state index contributed by atoms with van der Waals surface area (Å²) in [4.78, 5) is 0. The minimum atomic E-state index is 0.998. The van der Waals surface area contributed by atoms with Gasteiger partial charge in [0.2, 0.25) is 0 Å². The van der Waals surface area contributed by atoms with Crippen LogP contribution in [0.4, 0.5) is 0 Å². The Balaban J connectivity index is 2.41. The van der Waals surface area contributed by atoms with E-state index in [9.17, 15) is 0 Å². The molecular weight excluding hydrogens is 144 g/mol. The van der Waals surface area contributed by atoms with Gasteiger partial charge < -0.3 is 0 Å². The highest BCUT2D eigenvalue weighted by Gasteiger charge is 1.78. The van der Waals surface area contributed by atoms with Gasteiger partial charge in [0.05, 0.1) is 0 Å². The van der Waals surface area contributed by atoms with Crippen LogP contribution in [0.15, 0.2) is 42.5 Å². The van der Waals surface area contributed by atoms with E-state index in [2.05, 4.69) is 42.5 Å². The summed E-state index contributed by atoms with van der Waals surface area (Å²) >= 11 is 0. The van der Waals surface area contributed by atoms with Gasteiger partial charge in [0.15, 0.2) is 0 Å². The van der Waals surface area contributed by atoms with Crippen LogP contribution in [-0.2, 0) is 0 Å². The van der Waals surface area contributed by atoms with Gasteiger partial charge >= 0.3 is 0 Å². The first-order valence-electron chi connectivity index (χ1n) is 4.53. The van der Waals surface area contributed by atoms with Crippen molar-refractivity contribution in [3.8, 4) is 0 Å². The zero-order valence-corrected chi connectivity index (χ0v) is 7.37. The summed E-state index contributed by atoms with van der Waals surface area (Å²) in [5.41, 5.74) is 0. The molecule has 0 heterocycles. The standard InChI is InChI=1S/C12H15/c1-2-4-6-8-10-12-11-9-7-5-3-1/h1-2,5-7,10,12H,3-4,9,11H2. The van der Waals surface area contributed by atoms with Gasteiger partial charge in [-0.3, -0.25) is 0 Å². The molecule has 1 radical (unpaired) electrons. The molecule has 0 fully saturated rings. The predicted octanol–water partition coefficient (Wildman–Crippen LogP) is 3.59. The van der Waals surface area contributed by atoms with E-state index in [-0.39, 0.29) is 0 Å². The summed E-state index contributed by atoms with van der Waals surface area (Å²) in [5, 5.41) is 0. The highest BCUT2D eigenvalue weighted by molar-refractivity contribution is 5.02. The molecule has 12 heavy (non-hydrogen) atoms. The largest absolute Gasteiger partial charge is 0.0879 e. The van der Waals surface area contributed by atoms with Gasteiger partial charge in [0.25, 0.3) is 0 Å². The topological polar surface area (TPSA) is 0 Å². The Hall–Kier alpha value is -1.04. The van der Waals surface area contributed by atoms with Crippen LogP contribution >= 0.6 is 0 Å². The lowest BCUT2D eigenvalue weighted by Gasteiger charge is -1.87. The first-order chi connectivity index (χ1) is 6.00. The van der Waals surface area contributed by atoms with Crippen LogP contribution in [-0.4, -0.2) is 0 Å².